The standard InChI is InChI=1S/C19H20BrNO3/c20-16-9-7-15(8-10-16)18(22)11-12-19(23)21-13-4-14-24-17-5-2-1-3-6-17/h1-3,5-10H,4,11-14H2,(H,21,23). The number of nitrogens with one attached hydrogen (secondary N) is 1. The van der Waals surface area contributed by atoms with Crippen LogP contribution in [0.1, 0.15) is 29.6 Å². The third-order valence-corrected chi connectivity index (χ3v) is 3.93. The molecule has 0 aliphatic heterocycles. The Kier molecular flexibility index (Phi) is 7.49. The predicted octanol–water partition coefficient (Wildman–Crippen LogP) is 4.00. The number of benzene rings is 2. The SMILES string of the molecule is O=C(CCC(=O)c1ccc(Br)cc1)NCCCOc1ccccc1. The summed E-state index contributed by atoms with van der Waals surface area (Å²) in [4.78, 5) is 23.7. The molecule has 5 heteroatoms. The smallest absolute Gasteiger partial charge is 0.220 e. The molecule has 0 spiro atoms. The van der Waals surface area contributed by atoms with Crippen LogP contribution in [0.2, 0.25) is 0 Å². The summed E-state index contributed by atoms with van der Waals surface area (Å²) in [6, 6.07) is 16.7. The van der Waals surface area contributed by atoms with Gasteiger partial charge in [0, 0.05) is 29.4 Å². The molecule has 2 rings (SSSR count). The highest BCUT2D eigenvalue weighted by Crippen LogP contribution is 2.12. The van der Waals surface area contributed by atoms with Crippen molar-refractivity contribution in [1.29, 1.82) is 0 Å². The van der Waals surface area contributed by atoms with E-state index in [4.69, 9.17) is 4.74 Å². The Morgan fingerprint density at radius 1 is 0.958 bits per heavy atom. The van der Waals surface area contributed by atoms with Crippen LogP contribution >= 0.6 is 15.9 Å². The van der Waals surface area contributed by atoms with Crippen LogP contribution in [0, 0.1) is 0 Å². The first-order chi connectivity index (χ1) is 11.6. The maximum absolute atomic E-state index is 12.0. The van der Waals surface area contributed by atoms with Gasteiger partial charge in [-0.1, -0.05) is 46.3 Å². The van der Waals surface area contributed by atoms with E-state index in [0.29, 0.717) is 18.7 Å². The molecule has 4 nitrogen and oxygen atoms in total. The van der Waals surface area contributed by atoms with Gasteiger partial charge in [0.1, 0.15) is 5.75 Å². The molecule has 1 amide bonds. The molecule has 0 saturated carbocycles. The Morgan fingerprint density at radius 3 is 2.38 bits per heavy atom. The molecule has 0 radical (unpaired) electrons. The third-order valence-electron chi connectivity index (χ3n) is 3.40. The summed E-state index contributed by atoms with van der Waals surface area (Å²) in [5.74, 6) is 0.689. The maximum atomic E-state index is 12.0. The van der Waals surface area contributed by atoms with Crippen LogP contribution in [0.5, 0.6) is 5.75 Å². The number of halogens is 1. The fraction of sp³-hybridized carbons (Fsp3) is 0.263. The van der Waals surface area contributed by atoms with Gasteiger partial charge in [-0.2, -0.15) is 0 Å². The fourth-order valence-corrected chi connectivity index (χ4v) is 2.37. The normalized spacial score (nSPS) is 10.2. The third kappa shape index (κ3) is 6.54. The molecule has 2 aromatic carbocycles. The van der Waals surface area contributed by atoms with E-state index >= 15 is 0 Å². The number of ether oxygens (including phenoxy) is 1. The number of para-hydroxylation sites is 1. The van der Waals surface area contributed by atoms with Crippen molar-refractivity contribution in [2.75, 3.05) is 13.2 Å². The summed E-state index contributed by atoms with van der Waals surface area (Å²) in [6.07, 6.45) is 1.14. The van der Waals surface area contributed by atoms with Gasteiger partial charge in [-0.25, -0.2) is 0 Å². The van der Waals surface area contributed by atoms with Crippen LogP contribution in [-0.2, 0) is 4.79 Å². The second-order valence-electron chi connectivity index (χ2n) is 5.30. The van der Waals surface area contributed by atoms with Gasteiger partial charge in [-0.3, -0.25) is 9.59 Å². The van der Waals surface area contributed by atoms with Gasteiger partial charge in [0.05, 0.1) is 6.61 Å². The van der Waals surface area contributed by atoms with Crippen molar-refractivity contribution < 1.29 is 14.3 Å². The van der Waals surface area contributed by atoms with Crippen molar-refractivity contribution in [3.8, 4) is 5.75 Å². The molecule has 0 atom stereocenters. The number of amides is 1. The van der Waals surface area contributed by atoms with Gasteiger partial charge in [-0.05, 0) is 30.7 Å². The van der Waals surface area contributed by atoms with Gasteiger partial charge in [-0.15, -0.1) is 0 Å². The van der Waals surface area contributed by atoms with E-state index < -0.39 is 0 Å². The van der Waals surface area contributed by atoms with E-state index in [1.807, 2.05) is 42.5 Å². The lowest BCUT2D eigenvalue weighted by atomic mass is 10.1. The Hall–Kier alpha value is -2.14. The number of Topliss-reactive ketones (excluding diaryl/α,β-unsaturated/α-hetero) is 1. The summed E-state index contributed by atoms with van der Waals surface area (Å²) < 4.78 is 6.47. The molecule has 1 N–H and O–H groups in total. The first-order valence-electron chi connectivity index (χ1n) is 7.88. The van der Waals surface area contributed by atoms with Gasteiger partial charge >= 0.3 is 0 Å². The molecule has 0 saturated heterocycles. The van der Waals surface area contributed by atoms with E-state index in [1.54, 1.807) is 12.1 Å². The van der Waals surface area contributed by atoms with Crippen LogP contribution in [-0.4, -0.2) is 24.8 Å². The van der Waals surface area contributed by atoms with E-state index in [0.717, 1.165) is 16.6 Å². The molecule has 0 bridgehead atoms. The van der Waals surface area contributed by atoms with Crippen molar-refractivity contribution in [3.05, 3.63) is 64.6 Å². The summed E-state index contributed by atoms with van der Waals surface area (Å²) in [5, 5.41) is 2.81. The molecule has 0 unspecified atom stereocenters. The summed E-state index contributed by atoms with van der Waals surface area (Å²) in [6.45, 7) is 1.08. The van der Waals surface area contributed by atoms with Crippen LogP contribution in [0.15, 0.2) is 59.1 Å². The maximum Gasteiger partial charge on any atom is 0.220 e. The number of carbonyl (C=O) groups is 2. The van der Waals surface area contributed by atoms with E-state index in [2.05, 4.69) is 21.2 Å². The van der Waals surface area contributed by atoms with Gasteiger partial charge in [0.15, 0.2) is 5.78 Å². The van der Waals surface area contributed by atoms with E-state index in [9.17, 15) is 9.59 Å². The number of hydrogen-bond donors (Lipinski definition) is 1. The molecule has 0 heterocycles. The lowest BCUT2D eigenvalue weighted by molar-refractivity contribution is -0.121. The quantitative estimate of drug-likeness (QED) is 0.520. The molecule has 0 aromatic heterocycles. The second kappa shape index (κ2) is 9.88. The molecule has 0 aliphatic carbocycles. The Morgan fingerprint density at radius 2 is 1.67 bits per heavy atom. The topological polar surface area (TPSA) is 55.4 Å². The summed E-state index contributed by atoms with van der Waals surface area (Å²) in [7, 11) is 0. The number of rotatable bonds is 9. The number of ketones is 1. The van der Waals surface area contributed by atoms with Crippen LogP contribution in [0.4, 0.5) is 0 Å². The zero-order valence-electron chi connectivity index (χ0n) is 13.3. The Balaban J connectivity index is 1.58. The monoisotopic (exact) mass is 389 g/mol. The van der Waals surface area contributed by atoms with Crippen LogP contribution < -0.4 is 10.1 Å². The highest BCUT2D eigenvalue weighted by atomic mass is 79.9. The fourth-order valence-electron chi connectivity index (χ4n) is 2.10. The molecule has 126 valence electrons. The highest BCUT2D eigenvalue weighted by Gasteiger charge is 2.09. The van der Waals surface area contributed by atoms with Gasteiger partial charge < -0.3 is 10.1 Å². The lowest BCUT2D eigenvalue weighted by Crippen LogP contribution is -2.25. The Bertz CT molecular complexity index is 656. The Labute approximate surface area is 150 Å². The van der Waals surface area contributed by atoms with E-state index in [-0.39, 0.29) is 24.5 Å². The van der Waals surface area contributed by atoms with Crippen molar-refractivity contribution >= 4 is 27.6 Å². The van der Waals surface area contributed by atoms with Crippen molar-refractivity contribution in [1.82, 2.24) is 5.32 Å². The minimum atomic E-state index is -0.111. The van der Waals surface area contributed by atoms with Crippen LogP contribution in [0.3, 0.4) is 0 Å². The largest absolute Gasteiger partial charge is 0.494 e. The second-order valence-corrected chi connectivity index (χ2v) is 6.21. The zero-order valence-corrected chi connectivity index (χ0v) is 14.9. The average Bonchev–Trinajstić information content (AvgIpc) is 2.61. The first-order valence-corrected chi connectivity index (χ1v) is 8.68. The molecule has 0 fully saturated rings. The molecule has 2 aromatic rings. The average molecular weight is 390 g/mol. The molecule has 24 heavy (non-hydrogen) atoms. The minimum absolute atomic E-state index is 0.0231. The zero-order chi connectivity index (χ0) is 17.2. The number of carbonyl (C=O) groups excluding carboxylic acids is 2. The highest BCUT2D eigenvalue weighted by molar-refractivity contribution is 9.10. The van der Waals surface area contributed by atoms with Crippen LogP contribution in [0.25, 0.3) is 0 Å². The van der Waals surface area contributed by atoms with Gasteiger partial charge in [0.2, 0.25) is 5.91 Å². The van der Waals surface area contributed by atoms with Gasteiger partial charge in [0.25, 0.3) is 0 Å². The first kappa shape index (κ1) is 18.2. The lowest BCUT2D eigenvalue weighted by Gasteiger charge is -2.07. The molecule has 0 aliphatic rings. The van der Waals surface area contributed by atoms with Crippen molar-refractivity contribution in [2.24, 2.45) is 0 Å². The minimum Gasteiger partial charge on any atom is -0.494 e. The molecular weight excluding hydrogens is 370 g/mol. The summed E-state index contributed by atoms with van der Waals surface area (Å²) in [5.41, 5.74) is 0.627. The molecular formula is C19H20BrNO3. The summed E-state index contributed by atoms with van der Waals surface area (Å²) >= 11 is 3.33. The van der Waals surface area contributed by atoms with E-state index in [1.165, 1.54) is 0 Å². The van der Waals surface area contributed by atoms with Crippen molar-refractivity contribution in [3.63, 3.8) is 0 Å². The van der Waals surface area contributed by atoms with Crippen molar-refractivity contribution in [2.45, 2.75) is 19.3 Å². The number of hydrogen-bond acceptors (Lipinski definition) is 3. The predicted molar refractivity (Wildman–Crippen MR) is 97.3 cm³/mol.